The first kappa shape index (κ1) is 15.4. The molecule has 2 heterocycles. The summed E-state index contributed by atoms with van der Waals surface area (Å²) in [6.07, 6.45) is 2.77. The maximum Gasteiger partial charge on any atom is 0.128 e. The molecule has 0 unspecified atom stereocenters. The minimum atomic E-state index is 0.890. The van der Waals surface area contributed by atoms with Gasteiger partial charge in [0.15, 0.2) is 0 Å². The molecule has 0 aliphatic carbocycles. The van der Waals surface area contributed by atoms with Gasteiger partial charge in [0.05, 0.1) is 0 Å². The third-order valence-corrected chi connectivity index (χ3v) is 3.40. The SMILES string of the molecule is CCNCc1cc(C)nc(N(C)CCc2ccccn2)c1. The van der Waals surface area contributed by atoms with Crippen LogP contribution in [0.1, 0.15) is 23.9 Å². The number of rotatable bonds is 7. The van der Waals surface area contributed by atoms with Crippen molar-refractivity contribution in [3.05, 3.63) is 53.5 Å². The van der Waals surface area contributed by atoms with Gasteiger partial charge >= 0.3 is 0 Å². The highest BCUT2D eigenvalue weighted by molar-refractivity contribution is 5.42. The molecule has 0 amide bonds. The molecular weight excluding hydrogens is 260 g/mol. The van der Waals surface area contributed by atoms with Crippen LogP contribution in [0.5, 0.6) is 0 Å². The number of pyridine rings is 2. The first-order valence-corrected chi connectivity index (χ1v) is 7.48. The van der Waals surface area contributed by atoms with E-state index in [1.165, 1.54) is 5.56 Å². The molecule has 2 aromatic heterocycles. The summed E-state index contributed by atoms with van der Waals surface area (Å²) in [4.78, 5) is 11.2. The predicted molar refractivity (Wildman–Crippen MR) is 87.6 cm³/mol. The highest BCUT2D eigenvalue weighted by atomic mass is 15.2. The van der Waals surface area contributed by atoms with E-state index in [0.29, 0.717) is 0 Å². The normalized spacial score (nSPS) is 10.6. The number of aryl methyl sites for hydroxylation is 1. The van der Waals surface area contributed by atoms with Gasteiger partial charge in [0, 0.05) is 44.1 Å². The van der Waals surface area contributed by atoms with Crippen molar-refractivity contribution in [2.45, 2.75) is 26.8 Å². The number of hydrogen-bond donors (Lipinski definition) is 1. The van der Waals surface area contributed by atoms with Gasteiger partial charge in [0.25, 0.3) is 0 Å². The Labute approximate surface area is 127 Å². The van der Waals surface area contributed by atoms with Crippen LogP contribution in [0, 0.1) is 6.92 Å². The van der Waals surface area contributed by atoms with Crippen LogP contribution in [0.3, 0.4) is 0 Å². The second kappa shape index (κ2) is 7.74. The van der Waals surface area contributed by atoms with Crippen LogP contribution in [0.15, 0.2) is 36.5 Å². The fourth-order valence-corrected chi connectivity index (χ4v) is 2.23. The Hall–Kier alpha value is -1.94. The molecule has 0 aliphatic rings. The molecule has 1 N–H and O–H groups in total. The molecule has 4 nitrogen and oxygen atoms in total. The van der Waals surface area contributed by atoms with Crippen molar-refractivity contribution in [2.75, 3.05) is 25.0 Å². The van der Waals surface area contributed by atoms with E-state index in [1.54, 1.807) is 0 Å². The lowest BCUT2D eigenvalue weighted by atomic mass is 10.2. The third-order valence-electron chi connectivity index (χ3n) is 3.40. The number of likely N-dealkylation sites (N-methyl/N-ethyl adjacent to an activating group) is 1. The van der Waals surface area contributed by atoms with E-state index in [4.69, 9.17) is 0 Å². The second-order valence-electron chi connectivity index (χ2n) is 5.25. The molecule has 0 bridgehead atoms. The Morgan fingerprint density at radius 2 is 2.10 bits per heavy atom. The molecule has 0 aromatic carbocycles. The molecule has 0 aliphatic heterocycles. The maximum atomic E-state index is 4.63. The van der Waals surface area contributed by atoms with Crippen molar-refractivity contribution in [1.82, 2.24) is 15.3 Å². The standard InChI is InChI=1S/C17H24N4/c1-4-18-13-15-11-14(2)20-17(12-15)21(3)10-8-16-7-5-6-9-19-16/h5-7,9,11-12,18H,4,8,10,13H2,1-3H3. The van der Waals surface area contributed by atoms with E-state index in [-0.39, 0.29) is 0 Å². The zero-order valence-corrected chi connectivity index (χ0v) is 13.1. The lowest BCUT2D eigenvalue weighted by molar-refractivity contribution is 0.724. The minimum Gasteiger partial charge on any atom is -0.359 e. The Balaban J connectivity index is 2.01. The van der Waals surface area contributed by atoms with Gasteiger partial charge in [0.1, 0.15) is 5.82 Å². The van der Waals surface area contributed by atoms with Crippen LogP contribution in [-0.2, 0) is 13.0 Å². The molecule has 0 saturated carbocycles. The van der Waals surface area contributed by atoms with Crippen LogP contribution in [-0.4, -0.2) is 30.1 Å². The molecule has 2 aromatic rings. The summed E-state index contributed by atoms with van der Waals surface area (Å²) in [5.41, 5.74) is 3.46. The summed E-state index contributed by atoms with van der Waals surface area (Å²) >= 11 is 0. The topological polar surface area (TPSA) is 41.1 Å². The van der Waals surface area contributed by atoms with Crippen LogP contribution in [0.4, 0.5) is 5.82 Å². The van der Waals surface area contributed by atoms with Crippen LogP contribution >= 0.6 is 0 Å². The van der Waals surface area contributed by atoms with Crippen molar-refractivity contribution in [3.8, 4) is 0 Å². The number of hydrogen-bond acceptors (Lipinski definition) is 4. The average Bonchev–Trinajstić information content (AvgIpc) is 2.51. The highest BCUT2D eigenvalue weighted by Gasteiger charge is 2.06. The van der Waals surface area contributed by atoms with Crippen molar-refractivity contribution in [3.63, 3.8) is 0 Å². The molecule has 21 heavy (non-hydrogen) atoms. The zero-order valence-electron chi connectivity index (χ0n) is 13.1. The monoisotopic (exact) mass is 284 g/mol. The Bertz CT molecular complexity index is 554. The summed E-state index contributed by atoms with van der Waals surface area (Å²) in [7, 11) is 2.09. The number of aromatic nitrogens is 2. The molecule has 0 atom stereocenters. The van der Waals surface area contributed by atoms with Gasteiger partial charge in [-0.2, -0.15) is 0 Å². The van der Waals surface area contributed by atoms with E-state index in [1.807, 2.05) is 25.3 Å². The van der Waals surface area contributed by atoms with Gasteiger partial charge in [-0.1, -0.05) is 13.0 Å². The Kier molecular flexibility index (Phi) is 5.69. The molecular formula is C17H24N4. The minimum absolute atomic E-state index is 0.890. The van der Waals surface area contributed by atoms with Gasteiger partial charge < -0.3 is 10.2 Å². The first-order valence-electron chi connectivity index (χ1n) is 7.48. The fraction of sp³-hybridized carbons (Fsp3) is 0.412. The lowest BCUT2D eigenvalue weighted by Crippen LogP contribution is -2.22. The fourth-order valence-electron chi connectivity index (χ4n) is 2.23. The predicted octanol–water partition coefficient (Wildman–Crippen LogP) is 2.57. The van der Waals surface area contributed by atoms with Gasteiger partial charge in [-0.3, -0.25) is 4.98 Å². The molecule has 0 radical (unpaired) electrons. The van der Waals surface area contributed by atoms with E-state index < -0.39 is 0 Å². The van der Waals surface area contributed by atoms with Gasteiger partial charge in [0.2, 0.25) is 0 Å². The molecule has 112 valence electrons. The Morgan fingerprint density at radius 1 is 1.24 bits per heavy atom. The number of anilines is 1. The van der Waals surface area contributed by atoms with Crippen molar-refractivity contribution < 1.29 is 0 Å². The van der Waals surface area contributed by atoms with Gasteiger partial charge in [-0.15, -0.1) is 0 Å². The van der Waals surface area contributed by atoms with Crippen molar-refractivity contribution in [1.29, 1.82) is 0 Å². The van der Waals surface area contributed by atoms with E-state index in [0.717, 1.165) is 43.3 Å². The van der Waals surface area contributed by atoms with Crippen molar-refractivity contribution >= 4 is 5.82 Å². The quantitative estimate of drug-likeness (QED) is 0.848. The van der Waals surface area contributed by atoms with Gasteiger partial charge in [-0.05, 0) is 43.3 Å². The van der Waals surface area contributed by atoms with E-state index >= 15 is 0 Å². The molecule has 0 spiro atoms. The van der Waals surface area contributed by atoms with Crippen LogP contribution < -0.4 is 10.2 Å². The third kappa shape index (κ3) is 4.83. The second-order valence-corrected chi connectivity index (χ2v) is 5.25. The van der Waals surface area contributed by atoms with E-state index in [9.17, 15) is 0 Å². The maximum absolute atomic E-state index is 4.63. The Morgan fingerprint density at radius 3 is 2.81 bits per heavy atom. The average molecular weight is 284 g/mol. The molecule has 0 saturated heterocycles. The number of nitrogens with one attached hydrogen (secondary N) is 1. The summed E-state index contributed by atoms with van der Waals surface area (Å²) in [5, 5.41) is 3.36. The van der Waals surface area contributed by atoms with Crippen LogP contribution in [0.2, 0.25) is 0 Å². The zero-order chi connectivity index (χ0) is 15.1. The summed E-state index contributed by atoms with van der Waals surface area (Å²) in [6, 6.07) is 10.3. The lowest BCUT2D eigenvalue weighted by Gasteiger charge is -2.19. The number of nitrogens with zero attached hydrogens (tertiary/aromatic N) is 3. The largest absolute Gasteiger partial charge is 0.359 e. The van der Waals surface area contributed by atoms with Gasteiger partial charge in [-0.25, -0.2) is 4.98 Å². The molecule has 2 rings (SSSR count). The van der Waals surface area contributed by atoms with Crippen molar-refractivity contribution in [2.24, 2.45) is 0 Å². The van der Waals surface area contributed by atoms with E-state index in [2.05, 4.69) is 52.4 Å². The highest BCUT2D eigenvalue weighted by Crippen LogP contribution is 2.14. The smallest absolute Gasteiger partial charge is 0.128 e. The summed E-state index contributed by atoms with van der Waals surface area (Å²) in [5.74, 6) is 1.03. The van der Waals surface area contributed by atoms with Crippen LogP contribution in [0.25, 0.3) is 0 Å². The summed E-state index contributed by atoms with van der Waals surface area (Å²) in [6.45, 7) is 6.95. The first-order chi connectivity index (χ1) is 10.2. The molecule has 4 heteroatoms. The molecule has 0 fully saturated rings. The summed E-state index contributed by atoms with van der Waals surface area (Å²) < 4.78 is 0.